The van der Waals surface area contributed by atoms with Crippen molar-refractivity contribution in [3.8, 4) is 0 Å². The third kappa shape index (κ3) is 2.60. The third-order valence-electron chi connectivity index (χ3n) is 5.42. The molecule has 4 rings (SSSR count). The van der Waals surface area contributed by atoms with Gasteiger partial charge in [0.2, 0.25) is 11.7 Å². The molecule has 3 aliphatic rings. The van der Waals surface area contributed by atoms with Crippen molar-refractivity contribution in [2.75, 3.05) is 27.2 Å². The van der Waals surface area contributed by atoms with Crippen molar-refractivity contribution in [2.45, 2.75) is 44.1 Å². The van der Waals surface area contributed by atoms with Crippen molar-refractivity contribution in [3.05, 3.63) is 17.0 Å². The molecule has 1 N–H and O–H groups in total. The molecule has 134 valence electrons. The molecule has 1 fully saturated rings. The Hall–Kier alpha value is -2.38. The van der Waals surface area contributed by atoms with Gasteiger partial charge in [-0.1, -0.05) is 5.16 Å². The summed E-state index contributed by atoms with van der Waals surface area (Å²) in [5.41, 5.74) is 1.17. The fraction of sp³-hybridized carbons (Fsp3) is 0.647. The second-order valence-corrected chi connectivity index (χ2v) is 7.25. The summed E-state index contributed by atoms with van der Waals surface area (Å²) in [6.45, 7) is 0.984. The summed E-state index contributed by atoms with van der Waals surface area (Å²) in [6.07, 6.45) is 4.96. The number of piperidine rings is 1. The number of nitrogens with one attached hydrogen (secondary N) is 1. The molecular weight excluding hydrogens is 322 g/mol. The molecule has 1 aliphatic carbocycles. The minimum atomic E-state index is -0.739. The highest BCUT2D eigenvalue weighted by atomic mass is 16.5. The second kappa shape index (κ2) is 5.86. The van der Waals surface area contributed by atoms with Crippen LogP contribution in [0.3, 0.4) is 0 Å². The predicted octanol–water partition coefficient (Wildman–Crippen LogP) is 0.576. The van der Waals surface area contributed by atoms with Crippen LogP contribution in [0.2, 0.25) is 0 Å². The largest absolute Gasteiger partial charge is 0.350 e. The third-order valence-corrected chi connectivity index (χ3v) is 5.42. The van der Waals surface area contributed by atoms with Crippen molar-refractivity contribution in [1.29, 1.82) is 0 Å². The molecule has 0 bridgehead atoms. The summed E-state index contributed by atoms with van der Waals surface area (Å²) < 4.78 is 5.36. The standard InChI is InChI=1S/C17H23N5O3/c1-21(2)16-18-15(24)17(19-16)7-9-22(10-8-17)14(23)13-11-5-3-4-6-12(11)20-25-13/h3-10H2,1-2H3,(H,18,19,24). The first-order valence-corrected chi connectivity index (χ1v) is 8.85. The van der Waals surface area contributed by atoms with Gasteiger partial charge in [0, 0.05) is 32.7 Å². The number of carbonyl (C=O) groups excluding carboxylic acids is 2. The first kappa shape index (κ1) is 16.1. The van der Waals surface area contributed by atoms with Gasteiger partial charge in [-0.05, 0) is 38.5 Å². The molecule has 0 unspecified atom stereocenters. The Kier molecular flexibility index (Phi) is 3.77. The zero-order valence-electron chi connectivity index (χ0n) is 14.7. The van der Waals surface area contributed by atoms with E-state index in [0.717, 1.165) is 36.9 Å². The van der Waals surface area contributed by atoms with Gasteiger partial charge in [0.15, 0.2) is 0 Å². The normalized spacial score (nSPS) is 21.8. The number of nitrogens with zero attached hydrogens (tertiary/aromatic N) is 4. The van der Waals surface area contributed by atoms with E-state index in [0.29, 0.717) is 37.7 Å². The Morgan fingerprint density at radius 1 is 1.24 bits per heavy atom. The maximum atomic E-state index is 12.8. The van der Waals surface area contributed by atoms with Gasteiger partial charge >= 0.3 is 0 Å². The molecule has 1 saturated heterocycles. The molecule has 1 spiro atoms. The smallest absolute Gasteiger partial charge is 0.292 e. The van der Waals surface area contributed by atoms with Gasteiger partial charge in [-0.25, -0.2) is 4.99 Å². The molecule has 8 nitrogen and oxygen atoms in total. The number of fused-ring (bicyclic) bond motifs is 1. The summed E-state index contributed by atoms with van der Waals surface area (Å²) in [7, 11) is 3.70. The van der Waals surface area contributed by atoms with Crippen LogP contribution in [-0.2, 0) is 17.6 Å². The summed E-state index contributed by atoms with van der Waals surface area (Å²) in [5, 5.41) is 6.90. The zero-order chi connectivity index (χ0) is 17.6. The van der Waals surface area contributed by atoms with Gasteiger partial charge in [0.1, 0.15) is 5.54 Å². The maximum absolute atomic E-state index is 12.8. The highest BCUT2D eigenvalue weighted by Gasteiger charge is 2.47. The van der Waals surface area contributed by atoms with E-state index in [1.807, 2.05) is 14.1 Å². The van der Waals surface area contributed by atoms with Crippen LogP contribution < -0.4 is 5.32 Å². The van der Waals surface area contributed by atoms with E-state index in [2.05, 4.69) is 15.5 Å². The van der Waals surface area contributed by atoms with Crippen LogP contribution >= 0.6 is 0 Å². The number of likely N-dealkylation sites (tertiary alicyclic amines) is 1. The highest BCUT2D eigenvalue weighted by molar-refractivity contribution is 6.07. The molecule has 2 aliphatic heterocycles. The average Bonchev–Trinajstić information content (AvgIpc) is 3.17. The van der Waals surface area contributed by atoms with Crippen LogP contribution in [-0.4, -0.2) is 65.5 Å². The van der Waals surface area contributed by atoms with Gasteiger partial charge in [-0.2, -0.15) is 0 Å². The van der Waals surface area contributed by atoms with Gasteiger partial charge < -0.3 is 14.3 Å². The van der Waals surface area contributed by atoms with Crippen molar-refractivity contribution >= 4 is 17.8 Å². The van der Waals surface area contributed by atoms with Crippen LogP contribution in [0.25, 0.3) is 0 Å². The minimum absolute atomic E-state index is 0.0691. The molecule has 1 aromatic heterocycles. The quantitative estimate of drug-likeness (QED) is 0.804. The number of aryl methyl sites for hydroxylation is 1. The average molecular weight is 345 g/mol. The Morgan fingerprint density at radius 2 is 1.96 bits per heavy atom. The molecule has 0 saturated carbocycles. The van der Waals surface area contributed by atoms with Gasteiger partial charge in [-0.3, -0.25) is 14.9 Å². The fourth-order valence-corrected chi connectivity index (χ4v) is 3.83. The lowest BCUT2D eigenvalue weighted by Crippen LogP contribution is -2.50. The van der Waals surface area contributed by atoms with E-state index in [1.165, 1.54) is 0 Å². The fourth-order valence-electron chi connectivity index (χ4n) is 3.83. The molecule has 0 aromatic carbocycles. The van der Waals surface area contributed by atoms with E-state index in [-0.39, 0.29) is 11.8 Å². The van der Waals surface area contributed by atoms with Crippen molar-refractivity contribution in [3.63, 3.8) is 0 Å². The van der Waals surface area contributed by atoms with Gasteiger partial charge in [0.05, 0.1) is 5.69 Å². The predicted molar refractivity (Wildman–Crippen MR) is 90.3 cm³/mol. The summed E-state index contributed by atoms with van der Waals surface area (Å²) >= 11 is 0. The number of aliphatic imine (C=N–C) groups is 1. The van der Waals surface area contributed by atoms with Crippen molar-refractivity contribution < 1.29 is 14.1 Å². The number of carbonyl (C=O) groups is 2. The maximum Gasteiger partial charge on any atom is 0.292 e. The van der Waals surface area contributed by atoms with Crippen molar-refractivity contribution in [2.24, 2.45) is 4.99 Å². The van der Waals surface area contributed by atoms with E-state index < -0.39 is 5.54 Å². The zero-order valence-corrected chi connectivity index (χ0v) is 14.7. The summed E-state index contributed by atoms with van der Waals surface area (Å²) in [5.74, 6) is 0.800. The number of aromatic nitrogens is 1. The van der Waals surface area contributed by atoms with Crippen molar-refractivity contribution in [1.82, 2.24) is 20.3 Å². The summed E-state index contributed by atoms with van der Waals surface area (Å²) in [6, 6.07) is 0. The molecule has 3 heterocycles. The SMILES string of the molecule is CN(C)C1=NC2(CCN(C(=O)c3onc4c3CCCC4)CC2)C(=O)N1. The molecule has 0 radical (unpaired) electrons. The van der Waals surface area contributed by atoms with Crippen LogP contribution in [0.1, 0.15) is 47.5 Å². The molecular formula is C17H23N5O3. The molecule has 2 amide bonds. The monoisotopic (exact) mass is 345 g/mol. The number of rotatable bonds is 1. The molecule has 25 heavy (non-hydrogen) atoms. The first-order chi connectivity index (χ1) is 12.0. The lowest BCUT2D eigenvalue weighted by atomic mass is 9.87. The summed E-state index contributed by atoms with van der Waals surface area (Å²) in [4.78, 5) is 33.4. The number of amides is 2. The highest BCUT2D eigenvalue weighted by Crippen LogP contribution is 2.32. The minimum Gasteiger partial charge on any atom is -0.350 e. The van der Waals surface area contributed by atoms with E-state index in [1.54, 1.807) is 9.80 Å². The Labute approximate surface area is 146 Å². The number of hydrogen-bond acceptors (Lipinski definition) is 6. The molecule has 0 atom stereocenters. The lowest BCUT2D eigenvalue weighted by Gasteiger charge is -2.35. The first-order valence-electron chi connectivity index (χ1n) is 8.85. The topological polar surface area (TPSA) is 91.0 Å². The Bertz CT molecular complexity index is 743. The van der Waals surface area contributed by atoms with E-state index >= 15 is 0 Å². The Morgan fingerprint density at radius 3 is 2.64 bits per heavy atom. The van der Waals surface area contributed by atoms with E-state index in [9.17, 15) is 9.59 Å². The van der Waals surface area contributed by atoms with Crippen LogP contribution in [0.15, 0.2) is 9.52 Å². The number of guanidine groups is 1. The molecule has 1 aromatic rings. The van der Waals surface area contributed by atoms with Crippen LogP contribution in [0.5, 0.6) is 0 Å². The van der Waals surface area contributed by atoms with Gasteiger partial charge in [0.25, 0.3) is 11.8 Å². The van der Waals surface area contributed by atoms with Crippen LogP contribution in [0.4, 0.5) is 0 Å². The molecule has 8 heteroatoms. The van der Waals surface area contributed by atoms with E-state index in [4.69, 9.17) is 4.52 Å². The van der Waals surface area contributed by atoms with Crippen LogP contribution in [0, 0.1) is 0 Å². The Balaban J connectivity index is 1.48. The van der Waals surface area contributed by atoms with Gasteiger partial charge in [-0.15, -0.1) is 0 Å². The lowest BCUT2D eigenvalue weighted by molar-refractivity contribution is -0.125. The second-order valence-electron chi connectivity index (χ2n) is 7.25. The number of hydrogen-bond donors (Lipinski definition) is 1.